The third-order valence-corrected chi connectivity index (χ3v) is 4.36. The summed E-state index contributed by atoms with van der Waals surface area (Å²) in [6, 6.07) is 16.9. The summed E-state index contributed by atoms with van der Waals surface area (Å²) in [6.07, 6.45) is 0.936. The average molecular weight is 306 g/mol. The minimum absolute atomic E-state index is 0.0678. The number of ether oxygens (including phenoxy) is 1. The van der Waals surface area contributed by atoms with Crippen LogP contribution in [0.15, 0.2) is 76.8 Å². The molecule has 0 saturated carbocycles. The maximum Gasteiger partial charge on any atom is 0.233 e. The lowest BCUT2D eigenvalue weighted by Crippen LogP contribution is -2.03. The van der Waals surface area contributed by atoms with E-state index in [0.717, 1.165) is 11.6 Å². The molecule has 110 valence electrons. The quantitative estimate of drug-likeness (QED) is 0.767. The van der Waals surface area contributed by atoms with E-state index >= 15 is 0 Å². The Morgan fingerprint density at radius 2 is 1.57 bits per heavy atom. The van der Waals surface area contributed by atoms with E-state index in [9.17, 15) is 12.8 Å². The van der Waals surface area contributed by atoms with E-state index < -0.39 is 15.0 Å². The fraction of sp³-hybridized carbons (Fsp3) is 0.125. The first kappa shape index (κ1) is 15.4. The number of sulfone groups is 1. The number of hydrogen-bond donors (Lipinski definition) is 0. The molecule has 2 aromatic carbocycles. The van der Waals surface area contributed by atoms with E-state index in [1.54, 1.807) is 18.2 Å². The molecule has 0 aliphatic carbocycles. The third kappa shape index (κ3) is 4.24. The molecule has 0 heterocycles. The lowest BCUT2D eigenvalue weighted by atomic mass is 10.2. The Kier molecular flexibility index (Phi) is 5.25. The Balaban J connectivity index is 1.95. The lowest BCUT2D eigenvalue weighted by Gasteiger charge is -2.03. The van der Waals surface area contributed by atoms with Crippen LogP contribution < -0.4 is 0 Å². The van der Waals surface area contributed by atoms with Gasteiger partial charge in [-0.3, -0.25) is 0 Å². The molecule has 0 aliphatic rings. The van der Waals surface area contributed by atoms with Gasteiger partial charge >= 0.3 is 0 Å². The normalized spacial score (nSPS) is 12.3. The molecule has 0 bridgehead atoms. The van der Waals surface area contributed by atoms with Crippen molar-refractivity contribution in [2.75, 3.05) is 6.61 Å². The fourth-order valence-electron chi connectivity index (χ4n) is 1.70. The topological polar surface area (TPSA) is 43.4 Å². The van der Waals surface area contributed by atoms with Crippen molar-refractivity contribution < 1.29 is 17.5 Å². The van der Waals surface area contributed by atoms with Crippen molar-refractivity contribution in [2.24, 2.45) is 0 Å². The molecular weight excluding hydrogens is 291 g/mol. The summed E-state index contributed by atoms with van der Waals surface area (Å²) in [5.41, 5.74) is 0.942. The van der Waals surface area contributed by atoms with Crippen molar-refractivity contribution in [3.63, 3.8) is 0 Å². The van der Waals surface area contributed by atoms with Gasteiger partial charge in [0, 0.05) is 0 Å². The van der Waals surface area contributed by atoms with Gasteiger partial charge in [-0.2, -0.15) is 4.39 Å². The van der Waals surface area contributed by atoms with Gasteiger partial charge in [0.25, 0.3) is 0 Å². The van der Waals surface area contributed by atoms with Crippen molar-refractivity contribution in [3.05, 3.63) is 77.5 Å². The SMILES string of the molecule is O=S(=O)(/C(F)=C/COCc1ccccc1)c1ccccc1. The monoisotopic (exact) mass is 306 g/mol. The summed E-state index contributed by atoms with van der Waals surface area (Å²) in [4.78, 5) is -0.0678. The van der Waals surface area contributed by atoms with Gasteiger partial charge in [-0.05, 0) is 23.8 Å². The second-order valence-corrected chi connectivity index (χ2v) is 6.19. The molecule has 0 fully saturated rings. The van der Waals surface area contributed by atoms with E-state index in [2.05, 4.69) is 0 Å². The van der Waals surface area contributed by atoms with Gasteiger partial charge in [-0.1, -0.05) is 48.5 Å². The molecule has 2 aromatic rings. The maximum absolute atomic E-state index is 13.8. The van der Waals surface area contributed by atoms with E-state index in [1.807, 2.05) is 30.3 Å². The molecule has 2 rings (SSSR count). The first-order valence-corrected chi connectivity index (χ1v) is 7.86. The molecule has 0 spiro atoms. The van der Waals surface area contributed by atoms with E-state index in [4.69, 9.17) is 4.74 Å². The molecule has 0 N–H and O–H groups in total. The largest absolute Gasteiger partial charge is 0.373 e. The van der Waals surface area contributed by atoms with Crippen LogP contribution in [0, 0.1) is 0 Å². The van der Waals surface area contributed by atoms with Gasteiger partial charge < -0.3 is 4.74 Å². The number of rotatable bonds is 6. The minimum atomic E-state index is -4.07. The zero-order chi connectivity index (χ0) is 15.1. The molecule has 21 heavy (non-hydrogen) atoms. The van der Waals surface area contributed by atoms with Crippen LogP contribution in [0.3, 0.4) is 0 Å². The predicted molar refractivity (Wildman–Crippen MR) is 78.9 cm³/mol. The standard InChI is InChI=1S/C16H15FO3S/c17-16(21(18,19)15-9-5-2-6-10-15)11-12-20-13-14-7-3-1-4-8-14/h1-11H,12-13H2/b16-11+. The zero-order valence-electron chi connectivity index (χ0n) is 11.3. The summed E-state index contributed by atoms with van der Waals surface area (Å²) < 4.78 is 42.8. The highest BCUT2D eigenvalue weighted by Gasteiger charge is 2.19. The van der Waals surface area contributed by atoms with Crippen molar-refractivity contribution in [3.8, 4) is 0 Å². The summed E-state index contributed by atoms with van der Waals surface area (Å²) in [6.45, 7) is 0.197. The minimum Gasteiger partial charge on any atom is -0.373 e. The molecule has 3 nitrogen and oxygen atoms in total. The smallest absolute Gasteiger partial charge is 0.233 e. The Bertz CT molecular complexity index is 695. The second-order valence-electron chi connectivity index (χ2n) is 4.33. The van der Waals surface area contributed by atoms with Crippen LogP contribution in [0.2, 0.25) is 0 Å². The zero-order valence-corrected chi connectivity index (χ0v) is 12.1. The Hall–Kier alpha value is -1.98. The van der Waals surface area contributed by atoms with Crippen molar-refractivity contribution in [1.29, 1.82) is 0 Å². The van der Waals surface area contributed by atoms with E-state index in [0.29, 0.717) is 6.61 Å². The van der Waals surface area contributed by atoms with E-state index in [-0.39, 0.29) is 11.5 Å². The van der Waals surface area contributed by atoms with Crippen LogP contribution in [0.25, 0.3) is 0 Å². The van der Waals surface area contributed by atoms with Crippen molar-refractivity contribution in [1.82, 2.24) is 0 Å². The van der Waals surface area contributed by atoms with Gasteiger partial charge in [0.1, 0.15) is 0 Å². The first-order valence-electron chi connectivity index (χ1n) is 6.38. The summed E-state index contributed by atoms with van der Waals surface area (Å²) >= 11 is 0. The van der Waals surface area contributed by atoms with Crippen LogP contribution in [-0.2, 0) is 21.2 Å². The Morgan fingerprint density at radius 1 is 1.00 bits per heavy atom. The molecule has 0 aliphatic heterocycles. The lowest BCUT2D eigenvalue weighted by molar-refractivity contribution is 0.148. The summed E-state index contributed by atoms with van der Waals surface area (Å²) in [7, 11) is -4.07. The Labute approximate surface area is 123 Å². The Morgan fingerprint density at radius 3 is 2.19 bits per heavy atom. The molecular formula is C16H15FO3S. The molecule has 0 atom stereocenters. The number of benzene rings is 2. The molecule has 0 radical (unpaired) electrons. The van der Waals surface area contributed by atoms with Crippen LogP contribution in [0.4, 0.5) is 4.39 Å². The molecule has 0 unspecified atom stereocenters. The fourth-order valence-corrected chi connectivity index (χ4v) is 2.73. The van der Waals surface area contributed by atoms with E-state index in [1.165, 1.54) is 12.1 Å². The predicted octanol–water partition coefficient (Wildman–Crippen LogP) is 3.49. The van der Waals surface area contributed by atoms with Gasteiger partial charge in [-0.25, -0.2) is 8.42 Å². The molecule has 0 saturated heterocycles. The van der Waals surface area contributed by atoms with Crippen LogP contribution in [-0.4, -0.2) is 15.0 Å². The third-order valence-electron chi connectivity index (χ3n) is 2.78. The van der Waals surface area contributed by atoms with Gasteiger partial charge in [0.15, 0.2) is 0 Å². The van der Waals surface area contributed by atoms with Crippen molar-refractivity contribution in [2.45, 2.75) is 11.5 Å². The van der Waals surface area contributed by atoms with Crippen molar-refractivity contribution >= 4 is 9.84 Å². The van der Waals surface area contributed by atoms with Crippen LogP contribution >= 0.6 is 0 Å². The van der Waals surface area contributed by atoms with Crippen LogP contribution in [0.5, 0.6) is 0 Å². The molecule has 0 aromatic heterocycles. The summed E-state index contributed by atoms with van der Waals surface area (Å²) in [5, 5.41) is -1.19. The first-order chi connectivity index (χ1) is 10.1. The van der Waals surface area contributed by atoms with Gasteiger partial charge in [-0.15, -0.1) is 0 Å². The number of hydrogen-bond acceptors (Lipinski definition) is 3. The highest BCUT2D eigenvalue weighted by atomic mass is 32.2. The average Bonchev–Trinajstić information content (AvgIpc) is 2.53. The van der Waals surface area contributed by atoms with Crippen LogP contribution in [0.1, 0.15) is 5.56 Å². The maximum atomic E-state index is 13.8. The summed E-state index contributed by atoms with van der Waals surface area (Å²) in [5.74, 6) is 0. The molecule has 5 heteroatoms. The highest BCUT2D eigenvalue weighted by molar-refractivity contribution is 7.95. The molecule has 0 amide bonds. The second kappa shape index (κ2) is 7.15. The van der Waals surface area contributed by atoms with Gasteiger partial charge in [0.2, 0.25) is 15.0 Å². The van der Waals surface area contributed by atoms with Gasteiger partial charge in [0.05, 0.1) is 18.1 Å². The number of halogens is 1. The highest BCUT2D eigenvalue weighted by Crippen LogP contribution is 2.19.